The zero-order valence-corrected chi connectivity index (χ0v) is 8.86. The number of aliphatic imine (C=N–C) groups is 1. The van der Waals surface area contributed by atoms with Crippen molar-refractivity contribution in [3.63, 3.8) is 0 Å². The standard InChI is InChI=1S/C10H20N2/c1-6-7-11-10(5)12-9(4)8(2)3/h6-7H2,1-5H3,(H,11,12). The molecule has 0 radical (unpaired) electrons. The van der Waals surface area contributed by atoms with Crippen LogP contribution < -0.4 is 5.32 Å². The van der Waals surface area contributed by atoms with Gasteiger partial charge in [0, 0.05) is 12.2 Å². The predicted octanol–water partition coefficient (Wildman–Crippen LogP) is 2.72. The van der Waals surface area contributed by atoms with Crippen LogP contribution in [0.3, 0.4) is 0 Å². The van der Waals surface area contributed by atoms with Crippen LogP contribution in [-0.2, 0) is 0 Å². The van der Waals surface area contributed by atoms with Gasteiger partial charge in [0.15, 0.2) is 0 Å². The first-order valence-electron chi connectivity index (χ1n) is 4.50. The van der Waals surface area contributed by atoms with Crippen LogP contribution in [0.25, 0.3) is 0 Å². The molecule has 0 saturated carbocycles. The lowest BCUT2D eigenvalue weighted by molar-refractivity contribution is 0.914. The van der Waals surface area contributed by atoms with Crippen molar-refractivity contribution in [1.29, 1.82) is 0 Å². The summed E-state index contributed by atoms with van der Waals surface area (Å²) >= 11 is 0. The van der Waals surface area contributed by atoms with Crippen LogP contribution >= 0.6 is 0 Å². The second-order valence-corrected chi connectivity index (χ2v) is 3.22. The molecule has 2 heteroatoms. The van der Waals surface area contributed by atoms with E-state index in [1.165, 1.54) is 11.3 Å². The maximum absolute atomic E-state index is 4.34. The summed E-state index contributed by atoms with van der Waals surface area (Å²) in [6.45, 7) is 11.3. The molecule has 2 nitrogen and oxygen atoms in total. The van der Waals surface area contributed by atoms with Gasteiger partial charge in [-0.2, -0.15) is 0 Å². The Morgan fingerprint density at radius 3 is 2.17 bits per heavy atom. The minimum Gasteiger partial charge on any atom is -0.348 e. The molecule has 0 fully saturated rings. The van der Waals surface area contributed by atoms with Gasteiger partial charge < -0.3 is 5.32 Å². The summed E-state index contributed by atoms with van der Waals surface area (Å²) in [5, 5.41) is 3.24. The molecule has 70 valence electrons. The summed E-state index contributed by atoms with van der Waals surface area (Å²) in [4.78, 5) is 4.34. The summed E-state index contributed by atoms with van der Waals surface area (Å²) in [5.74, 6) is 1.01. The van der Waals surface area contributed by atoms with Crippen LogP contribution in [0.4, 0.5) is 0 Å². The van der Waals surface area contributed by atoms with E-state index in [-0.39, 0.29) is 0 Å². The molecule has 0 atom stereocenters. The van der Waals surface area contributed by atoms with Crippen LogP contribution in [0.15, 0.2) is 16.3 Å². The van der Waals surface area contributed by atoms with Gasteiger partial charge in [-0.15, -0.1) is 0 Å². The van der Waals surface area contributed by atoms with E-state index in [0.29, 0.717) is 0 Å². The minimum atomic E-state index is 0.912. The maximum atomic E-state index is 4.34. The highest BCUT2D eigenvalue weighted by Gasteiger charge is 1.92. The second kappa shape index (κ2) is 5.81. The van der Waals surface area contributed by atoms with E-state index >= 15 is 0 Å². The van der Waals surface area contributed by atoms with E-state index in [1.54, 1.807) is 0 Å². The number of amidine groups is 1. The van der Waals surface area contributed by atoms with Gasteiger partial charge in [-0.1, -0.05) is 12.5 Å². The zero-order valence-electron chi connectivity index (χ0n) is 8.86. The first kappa shape index (κ1) is 11.2. The van der Waals surface area contributed by atoms with Gasteiger partial charge in [-0.25, -0.2) is 0 Å². The average Bonchev–Trinajstić information content (AvgIpc) is 2.00. The lowest BCUT2D eigenvalue weighted by atomic mass is 10.3. The first-order valence-corrected chi connectivity index (χ1v) is 4.50. The van der Waals surface area contributed by atoms with E-state index in [4.69, 9.17) is 0 Å². The molecule has 0 spiro atoms. The normalized spacial score (nSPS) is 11.2. The molecule has 0 aromatic rings. The molecule has 12 heavy (non-hydrogen) atoms. The molecule has 1 N–H and O–H groups in total. The Balaban J connectivity index is 4.00. The first-order chi connectivity index (χ1) is 5.57. The highest BCUT2D eigenvalue weighted by Crippen LogP contribution is 1.97. The smallest absolute Gasteiger partial charge is 0.0972 e. The summed E-state index contributed by atoms with van der Waals surface area (Å²) < 4.78 is 0. The summed E-state index contributed by atoms with van der Waals surface area (Å²) in [6, 6.07) is 0. The minimum absolute atomic E-state index is 0.912. The van der Waals surface area contributed by atoms with E-state index < -0.39 is 0 Å². The third kappa shape index (κ3) is 4.94. The molecular formula is C10H20N2. The van der Waals surface area contributed by atoms with Crippen LogP contribution in [0.5, 0.6) is 0 Å². The van der Waals surface area contributed by atoms with Crippen molar-refractivity contribution in [2.45, 2.75) is 41.0 Å². The fourth-order valence-corrected chi connectivity index (χ4v) is 0.715. The third-order valence-electron chi connectivity index (χ3n) is 1.69. The van der Waals surface area contributed by atoms with E-state index in [9.17, 15) is 0 Å². The van der Waals surface area contributed by atoms with Gasteiger partial charge in [-0.05, 0) is 34.1 Å². The van der Waals surface area contributed by atoms with Crippen molar-refractivity contribution in [3.05, 3.63) is 11.3 Å². The summed E-state index contributed by atoms with van der Waals surface area (Å²) in [5.41, 5.74) is 2.51. The molecule has 0 unspecified atom stereocenters. The van der Waals surface area contributed by atoms with Crippen LogP contribution in [0.1, 0.15) is 41.0 Å². The van der Waals surface area contributed by atoms with Gasteiger partial charge in [0.25, 0.3) is 0 Å². The number of rotatable bonds is 3. The molecule has 0 aliphatic heterocycles. The Labute approximate surface area is 75.8 Å². The van der Waals surface area contributed by atoms with Gasteiger partial charge in [-0.3, -0.25) is 4.99 Å². The molecule has 0 bridgehead atoms. The predicted molar refractivity (Wildman–Crippen MR) is 55.5 cm³/mol. The second-order valence-electron chi connectivity index (χ2n) is 3.22. The van der Waals surface area contributed by atoms with Crippen molar-refractivity contribution >= 4 is 5.84 Å². The van der Waals surface area contributed by atoms with E-state index in [0.717, 1.165) is 18.8 Å². The zero-order chi connectivity index (χ0) is 9.56. The van der Waals surface area contributed by atoms with Gasteiger partial charge in [0.1, 0.15) is 0 Å². The van der Waals surface area contributed by atoms with E-state index in [2.05, 4.69) is 38.0 Å². The Kier molecular flexibility index (Phi) is 5.43. The Morgan fingerprint density at radius 1 is 1.17 bits per heavy atom. The largest absolute Gasteiger partial charge is 0.348 e. The molecular weight excluding hydrogens is 148 g/mol. The van der Waals surface area contributed by atoms with Gasteiger partial charge in [0.05, 0.1) is 5.84 Å². The van der Waals surface area contributed by atoms with Crippen LogP contribution in [0.2, 0.25) is 0 Å². The Morgan fingerprint density at radius 2 is 1.75 bits per heavy atom. The van der Waals surface area contributed by atoms with Crippen molar-refractivity contribution < 1.29 is 0 Å². The molecule has 0 rings (SSSR count). The fourth-order valence-electron chi connectivity index (χ4n) is 0.715. The molecule has 0 aliphatic carbocycles. The molecule has 0 saturated heterocycles. The highest BCUT2D eigenvalue weighted by atomic mass is 15.0. The quantitative estimate of drug-likeness (QED) is 0.508. The topological polar surface area (TPSA) is 24.4 Å². The summed E-state index contributed by atoms with van der Waals surface area (Å²) in [7, 11) is 0. The number of nitrogens with one attached hydrogen (secondary N) is 1. The summed E-state index contributed by atoms with van der Waals surface area (Å²) in [6.07, 6.45) is 1.10. The van der Waals surface area contributed by atoms with Crippen molar-refractivity contribution in [1.82, 2.24) is 5.32 Å². The lowest BCUT2D eigenvalue weighted by Gasteiger charge is -2.07. The number of nitrogens with zero attached hydrogens (tertiary/aromatic N) is 1. The van der Waals surface area contributed by atoms with Crippen LogP contribution in [0, 0.1) is 0 Å². The number of allylic oxidation sites excluding steroid dienone is 2. The maximum Gasteiger partial charge on any atom is 0.0972 e. The van der Waals surface area contributed by atoms with Crippen LogP contribution in [-0.4, -0.2) is 12.4 Å². The average molecular weight is 168 g/mol. The Bertz CT molecular complexity index is 186. The van der Waals surface area contributed by atoms with Crippen molar-refractivity contribution in [2.75, 3.05) is 6.54 Å². The molecule has 0 amide bonds. The fraction of sp³-hybridized carbons (Fsp3) is 0.700. The molecule has 0 aromatic heterocycles. The van der Waals surface area contributed by atoms with Crippen molar-refractivity contribution in [3.8, 4) is 0 Å². The number of hydrogen-bond acceptors (Lipinski definition) is 1. The SMILES string of the molecule is CCCN=C(C)NC(C)=C(C)C. The lowest BCUT2D eigenvalue weighted by Crippen LogP contribution is -2.19. The van der Waals surface area contributed by atoms with Gasteiger partial charge in [0.2, 0.25) is 0 Å². The highest BCUT2D eigenvalue weighted by molar-refractivity contribution is 5.81. The molecule has 0 aromatic carbocycles. The number of hydrogen-bond donors (Lipinski definition) is 1. The van der Waals surface area contributed by atoms with Gasteiger partial charge >= 0.3 is 0 Å². The third-order valence-corrected chi connectivity index (χ3v) is 1.69. The van der Waals surface area contributed by atoms with Crippen molar-refractivity contribution in [2.24, 2.45) is 4.99 Å². The monoisotopic (exact) mass is 168 g/mol. The molecule has 0 aliphatic rings. The molecule has 0 heterocycles. The van der Waals surface area contributed by atoms with E-state index in [1.807, 2.05) is 6.92 Å². The Hall–Kier alpha value is -0.790.